The smallest absolute Gasteiger partial charge is 0.322 e. The molecular weight excluding hydrogens is 476 g/mol. The third kappa shape index (κ3) is 8.51. The summed E-state index contributed by atoms with van der Waals surface area (Å²) in [6.45, 7) is 8.38. The van der Waals surface area contributed by atoms with E-state index in [-0.39, 0.29) is 18.0 Å². The molecule has 37 heavy (non-hydrogen) atoms. The summed E-state index contributed by atoms with van der Waals surface area (Å²) in [6, 6.07) is 6.74. The Bertz CT molecular complexity index is 1040. The van der Waals surface area contributed by atoms with Gasteiger partial charge in [-0.25, -0.2) is 0 Å². The first-order valence-electron chi connectivity index (χ1n) is 12.7. The van der Waals surface area contributed by atoms with Crippen molar-refractivity contribution >= 4 is 17.8 Å². The van der Waals surface area contributed by atoms with E-state index < -0.39 is 30.4 Å². The van der Waals surface area contributed by atoms with Crippen LogP contribution in [-0.2, 0) is 16.1 Å². The zero-order chi connectivity index (χ0) is 27.5. The third-order valence-corrected chi connectivity index (χ3v) is 6.24. The Kier molecular flexibility index (Phi) is 11.4. The maximum atomic E-state index is 13.3. The van der Waals surface area contributed by atoms with E-state index >= 15 is 0 Å². The lowest BCUT2D eigenvalue weighted by atomic mass is 10.0. The molecule has 0 aliphatic rings. The van der Waals surface area contributed by atoms with Crippen LogP contribution in [0.5, 0.6) is 11.5 Å². The lowest BCUT2D eigenvalue weighted by molar-refractivity contribution is -0.138. The van der Waals surface area contributed by atoms with Gasteiger partial charge in [-0.3, -0.25) is 19.1 Å². The molecule has 1 atom stereocenters. The molecule has 1 aromatic carbocycles. The van der Waals surface area contributed by atoms with Gasteiger partial charge in [0.15, 0.2) is 5.69 Å². The fourth-order valence-corrected chi connectivity index (χ4v) is 4.26. The van der Waals surface area contributed by atoms with E-state index in [0.29, 0.717) is 41.6 Å². The van der Waals surface area contributed by atoms with E-state index in [1.54, 1.807) is 20.3 Å². The predicted molar refractivity (Wildman–Crippen MR) is 141 cm³/mol. The monoisotopic (exact) mass is 516 g/mol. The molecule has 2 aromatic rings. The Balaban J connectivity index is 2.42. The lowest BCUT2D eigenvalue weighted by Crippen LogP contribution is -2.41. The molecule has 0 aliphatic heterocycles. The number of aromatic nitrogens is 2. The van der Waals surface area contributed by atoms with E-state index in [4.69, 9.17) is 14.6 Å². The van der Waals surface area contributed by atoms with Crippen LogP contribution in [0.4, 0.5) is 0 Å². The van der Waals surface area contributed by atoms with E-state index in [1.165, 1.54) is 0 Å². The Morgan fingerprint density at radius 2 is 1.70 bits per heavy atom. The lowest BCUT2D eigenvalue weighted by Gasteiger charge is -2.19. The van der Waals surface area contributed by atoms with Gasteiger partial charge >= 0.3 is 5.97 Å². The number of nitrogens with one attached hydrogen (secondary N) is 2. The van der Waals surface area contributed by atoms with Crippen molar-refractivity contribution < 1.29 is 29.0 Å². The van der Waals surface area contributed by atoms with Crippen molar-refractivity contribution in [1.29, 1.82) is 0 Å². The van der Waals surface area contributed by atoms with Crippen LogP contribution in [0.25, 0.3) is 11.3 Å². The van der Waals surface area contributed by atoms with Crippen LogP contribution in [0.3, 0.4) is 0 Å². The molecule has 0 saturated carbocycles. The molecule has 3 N–H and O–H groups in total. The van der Waals surface area contributed by atoms with E-state index in [0.717, 1.165) is 12.8 Å². The van der Waals surface area contributed by atoms with Gasteiger partial charge in [-0.1, -0.05) is 46.6 Å². The number of aliphatic carboxylic acids is 1. The maximum absolute atomic E-state index is 13.3. The highest BCUT2D eigenvalue weighted by Crippen LogP contribution is 2.39. The first-order chi connectivity index (χ1) is 17.6. The summed E-state index contributed by atoms with van der Waals surface area (Å²) < 4.78 is 13.0. The van der Waals surface area contributed by atoms with Gasteiger partial charge in [0.25, 0.3) is 5.91 Å². The number of carboxylic acid groups (broad SMARTS) is 1. The fraction of sp³-hybridized carbons (Fsp3) is 0.556. The molecule has 0 saturated heterocycles. The van der Waals surface area contributed by atoms with Crippen molar-refractivity contribution in [1.82, 2.24) is 20.4 Å². The van der Waals surface area contributed by atoms with Crippen LogP contribution < -0.4 is 20.1 Å². The topological polar surface area (TPSA) is 132 Å². The summed E-state index contributed by atoms with van der Waals surface area (Å²) in [7, 11) is 3.17. The summed E-state index contributed by atoms with van der Waals surface area (Å²) >= 11 is 0. The van der Waals surface area contributed by atoms with Crippen LogP contribution in [0.1, 0.15) is 63.9 Å². The van der Waals surface area contributed by atoms with Gasteiger partial charge in [-0.2, -0.15) is 5.10 Å². The zero-order valence-corrected chi connectivity index (χ0v) is 22.7. The summed E-state index contributed by atoms with van der Waals surface area (Å²) in [5.41, 5.74) is 1.62. The molecule has 2 amide bonds. The molecule has 1 heterocycles. The number of rotatable bonds is 15. The number of hydrogen-bond acceptors (Lipinski definition) is 6. The molecule has 204 valence electrons. The molecule has 0 bridgehead atoms. The van der Waals surface area contributed by atoms with Crippen molar-refractivity contribution in [2.24, 2.45) is 11.8 Å². The van der Waals surface area contributed by atoms with Crippen molar-refractivity contribution in [2.45, 2.75) is 66.0 Å². The number of nitrogens with zero attached hydrogens (tertiary/aromatic N) is 2. The van der Waals surface area contributed by atoms with E-state index in [1.807, 2.05) is 36.7 Å². The summed E-state index contributed by atoms with van der Waals surface area (Å²) in [5, 5.41) is 18.8. The van der Waals surface area contributed by atoms with Gasteiger partial charge in [-0.05, 0) is 36.5 Å². The first kappa shape index (κ1) is 29.7. The molecule has 1 aromatic heterocycles. The maximum Gasteiger partial charge on any atom is 0.322 e. The molecule has 0 fully saturated rings. The van der Waals surface area contributed by atoms with Gasteiger partial charge in [0.05, 0.1) is 25.5 Å². The van der Waals surface area contributed by atoms with Crippen molar-refractivity contribution in [2.75, 3.05) is 20.8 Å². The Morgan fingerprint density at radius 3 is 2.22 bits per heavy atom. The molecule has 2 rings (SSSR count). The SMILES string of the molecule is CCC(CC)Cn1nc(C(=O)N[C@H](CC(=O)NCC(=O)O)CC(C)C)cc1-c1c(OC)cccc1OC. The van der Waals surface area contributed by atoms with Gasteiger partial charge in [-0.15, -0.1) is 0 Å². The number of benzene rings is 1. The quantitative estimate of drug-likeness (QED) is 0.329. The molecule has 0 aliphatic carbocycles. The number of amides is 2. The Labute approximate surface area is 218 Å². The molecule has 0 spiro atoms. The van der Waals surface area contributed by atoms with Crippen molar-refractivity contribution in [3.05, 3.63) is 30.0 Å². The van der Waals surface area contributed by atoms with E-state index in [2.05, 4.69) is 29.6 Å². The summed E-state index contributed by atoms with van der Waals surface area (Å²) in [4.78, 5) is 36.4. The van der Waals surface area contributed by atoms with Crippen LogP contribution in [0.2, 0.25) is 0 Å². The second-order valence-corrected chi connectivity index (χ2v) is 9.49. The average Bonchev–Trinajstić information content (AvgIpc) is 3.28. The number of hydrogen-bond donors (Lipinski definition) is 3. The van der Waals surface area contributed by atoms with Gasteiger partial charge in [0.2, 0.25) is 5.91 Å². The van der Waals surface area contributed by atoms with Crippen LogP contribution in [0, 0.1) is 11.8 Å². The second kappa shape index (κ2) is 14.2. The number of carbonyl (C=O) groups is 3. The minimum atomic E-state index is -1.12. The second-order valence-electron chi connectivity index (χ2n) is 9.49. The van der Waals surface area contributed by atoms with Gasteiger partial charge in [0, 0.05) is 19.0 Å². The van der Waals surface area contributed by atoms with Crippen LogP contribution >= 0.6 is 0 Å². The third-order valence-electron chi connectivity index (χ3n) is 6.24. The molecule has 10 nitrogen and oxygen atoms in total. The van der Waals surface area contributed by atoms with Crippen LogP contribution in [-0.4, -0.2) is 59.5 Å². The molecular formula is C27H40N4O6. The van der Waals surface area contributed by atoms with Crippen molar-refractivity contribution in [3.63, 3.8) is 0 Å². The highest BCUT2D eigenvalue weighted by Gasteiger charge is 2.25. The normalized spacial score (nSPS) is 11.9. The Morgan fingerprint density at radius 1 is 1.08 bits per heavy atom. The minimum absolute atomic E-state index is 0.0289. The van der Waals surface area contributed by atoms with Crippen LogP contribution in [0.15, 0.2) is 24.3 Å². The number of carbonyl (C=O) groups excluding carboxylic acids is 2. The Hall–Kier alpha value is -3.56. The largest absolute Gasteiger partial charge is 0.496 e. The standard InChI is InChI=1S/C27H40N4O6/c1-7-18(8-2)16-31-21(26-22(36-5)10-9-11-23(26)37-6)14-20(30-31)27(35)29-19(12-17(3)4)13-24(32)28-15-25(33)34/h9-11,14,17-19H,7-8,12-13,15-16H2,1-6H3,(H,28,32)(H,29,35)(H,33,34)/t19-/m0/s1. The van der Waals surface area contributed by atoms with E-state index in [9.17, 15) is 14.4 Å². The summed E-state index contributed by atoms with van der Waals surface area (Å²) in [6.07, 6.45) is 2.44. The zero-order valence-electron chi connectivity index (χ0n) is 22.7. The molecule has 0 unspecified atom stereocenters. The highest BCUT2D eigenvalue weighted by atomic mass is 16.5. The fourth-order valence-electron chi connectivity index (χ4n) is 4.26. The number of ether oxygens (including phenoxy) is 2. The van der Waals surface area contributed by atoms with Gasteiger partial charge in [0.1, 0.15) is 18.0 Å². The average molecular weight is 517 g/mol. The van der Waals surface area contributed by atoms with Gasteiger partial charge < -0.3 is 25.2 Å². The number of carboxylic acids is 1. The van der Waals surface area contributed by atoms with Crippen molar-refractivity contribution in [3.8, 4) is 22.8 Å². The molecule has 0 radical (unpaired) electrons. The highest BCUT2D eigenvalue weighted by molar-refractivity contribution is 5.94. The minimum Gasteiger partial charge on any atom is -0.496 e. The first-order valence-corrected chi connectivity index (χ1v) is 12.7. The summed E-state index contributed by atoms with van der Waals surface area (Å²) in [5.74, 6) is -0.197. The predicted octanol–water partition coefficient (Wildman–Crippen LogP) is 3.74. The molecule has 10 heteroatoms. The number of methoxy groups -OCH3 is 2.